The topological polar surface area (TPSA) is 175 Å². The van der Waals surface area contributed by atoms with E-state index in [2.05, 4.69) is 190 Å². The van der Waals surface area contributed by atoms with Crippen LogP contribution in [0.2, 0.25) is 0 Å². The Labute approximate surface area is 633 Å². The minimum Gasteiger partial charge on any atom is -0.412 e. The molecular formula is C54H108MoN6O6S18. The van der Waals surface area contributed by atoms with Crippen LogP contribution in [-0.4, -0.2) is 90.4 Å². The van der Waals surface area contributed by atoms with E-state index in [9.17, 15) is 0 Å². The van der Waals surface area contributed by atoms with Gasteiger partial charge in [0.05, 0.1) is 0 Å². The van der Waals surface area contributed by atoms with Crippen molar-refractivity contribution in [1.82, 2.24) is 31.9 Å². The van der Waals surface area contributed by atoms with E-state index in [1.165, 1.54) is 154 Å². The molecule has 0 aliphatic carbocycles. The quantitative estimate of drug-likeness (QED) is 0.0198. The van der Waals surface area contributed by atoms with Gasteiger partial charge >= 0.3 is 21.1 Å². The van der Waals surface area contributed by atoms with Crippen molar-refractivity contribution in [1.29, 1.82) is 0 Å². The van der Waals surface area contributed by atoms with Gasteiger partial charge in [-0.1, -0.05) is 186 Å². The second-order valence-corrected chi connectivity index (χ2v) is 25.1. The van der Waals surface area contributed by atoms with Crippen LogP contribution >= 0.6 is 73.3 Å². The summed E-state index contributed by atoms with van der Waals surface area (Å²) in [5.74, 6) is 4.50. The van der Waals surface area contributed by atoms with Gasteiger partial charge in [0.25, 0.3) is 0 Å². The van der Waals surface area contributed by atoms with Crippen molar-refractivity contribution in [3.8, 4) is 0 Å². The Hall–Kier alpha value is 1.47. The molecule has 0 bridgehead atoms. The van der Waals surface area contributed by atoms with Crippen LogP contribution in [0.15, 0.2) is 0 Å². The largest absolute Gasteiger partial charge is 6.00 e. The first-order valence-corrected chi connectivity index (χ1v) is 35.8. The SMILES string of the molecule is CCCC(CCC)CNC(=S)[S-].CCCC(CCC)CNC(=S)[S-].CCCC(CCC)CNC(=S)[S-].CCCC(CCC)CNC(=S)[S-].CCCC(CCC)CNC(=S)[S-].CCCC(CCC)CNC(=S)[S-].O=S.O=S.O=S.O=S.O=S.O=S.[Mo+6]. The third-order valence-corrected chi connectivity index (χ3v) is 13.3. The van der Waals surface area contributed by atoms with Crippen LogP contribution in [0.4, 0.5) is 0 Å². The zero-order chi connectivity index (χ0) is 68.4. The van der Waals surface area contributed by atoms with Crippen molar-refractivity contribution in [3.05, 3.63) is 0 Å². The molecule has 0 unspecified atom stereocenters. The van der Waals surface area contributed by atoms with Gasteiger partial charge in [-0.25, -0.2) is 0 Å². The van der Waals surface area contributed by atoms with E-state index in [-0.39, 0.29) is 21.1 Å². The Balaban J connectivity index is -0.0000000639. The number of hydrogen-bond acceptors (Lipinski definition) is 24. The van der Waals surface area contributed by atoms with Gasteiger partial charge < -0.3 is 181 Å². The molecule has 0 heterocycles. The average Bonchev–Trinajstić information content (AvgIpc) is 3.48. The zero-order valence-electron chi connectivity index (χ0n) is 52.9. The van der Waals surface area contributed by atoms with E-state index >= 15 is 0 Å². The van der Waals surface area contributed by atoms with Crippen molar-refractivity contribution in [3.63, 3.8) is 0 Å². The Bertz CT molecular complexity index is 1080. The monoisotopic (exact) mass is 1610 g/mol. The number of nitrogens with one attached hydrogen (secondary N) is 6. The molecule has 0 atom stereocenters. The Kier molecular flexibility index (Phi) is 156. The predicted molar refractivity (Wildman–Crippen MR) is 416 cm³/mol. The minimum atomic E-state index is 0. The molecule has 0 aromatic carbocycles. The molecule has 0 radical (unpaired) electrons. The Morgan fingerprint density at radius 1 is 0.224 bits per heavy atom. The number of thiocarbonyl (C=S) groups is 6. The molecule has 85 heavy (non-hydrogen) atoms. The Morgan fingerprint density at radius 2 is 0.294 bits per heavy atom. The maximum Gasteiger partial charge on any atom is 6.00 e. The second kappa shape index (κ2) is 113. The van der Waals surface area contributed by atoms with Gasteiger partial charge in [-0.15, -0.1) is 0 Å². The summed E-state index contributed by atoms with van der Waals surface area (Å²) in [5.41, 5.74) is 0. The normalized spacial score (nSPS) is 8.96. The minimum absolute atomic E-state index is 0. The fraction of sp³-hybridized carbons (Fsp3) is 0.889. The summed E-state index contributed by atoms with van der Waals surface area (Å²) >= 11 is 74.4. The van der Waals surface area contributed by atoms with E-state index in [1.54, 1.807) is 0 Å². The summed E-state index contributed by atoms with van der Waals surface area (Å²) in [6.45, 7) is 32.4. The molecule has 0 aliphatic rings. The maximum atomic E-state index is 7.83. The third-order valence-electron chi connectivity index (χ3n) is 11.6. The number of rotatable bonds is 36. The van der Waals surface area contributed by atoms with Gasteiger partial charge in [0.2, 0.25) is 0 Å². The molecule has 0 fully saturated rings. The molecule has 0 rings (SSSR count). The number of hydrogen-bond donors (Lipinski definition) is 6. The summed E-state index contributed by atoms with van der Waals surface area (Å²) in [7, 11) is 0. The van der Waals surface area contributed by atoms with Crippen LogP contribution in [0.25, 0.3) is 0 Å². The van der Waals surface area contributed by atoms with Gasteiger partial charge in [0, 0.05) is 39.3 Å². The molecule has 0 saturated carbocycles. The second-order valence-electron chi connectivity index (χ2n) is 18.7. The predicted octanol–water partition coefficient (Wildman–Crippen LogP) is 13.7. The van der Waals surface area contributed by atoms with Crippen LogP contribution in [0, 0.1) is 35.5 Å². The molecule has 0 spiro atoms. The molecule has 0 amide bonds. The molecule has 504 valence electrons. The van der Waals surface area contributed by atoms with Crippen molar-refractivity contribution < 1.29 is 46.3 Å². The molecule has 12 nitrogen and oxygen atoms in total. The summed E-state index contributed by atoms with van der Waals surface area (Å²) in [4.78, 5) is 0. The standard InChI is InChI=1S/6C9H19NS2.Mo.6OS/c6*1-3-5-8(6-4-2)7-10-9(11)12;;6*1-2/h6*8H,3-7H2,1-2H3,(H2,10,11,12);;;;;;;/q;;;;;;+6;;;;;;/p-6. The third kappa shape index (κ3) is 131. The summed E-state index contributed by atoms with van der Waals surface area (Å²) in [5, 5.41) is 18.4. The van der Waals surface area contributed by atoms with E-state index in [0.29, 0.717) is 25.9 Å². The van der Waals surface area contributed by atoms with Gasteiger partial charge in [-0.2, -0.15) is 25.3 Å². The van der Waals surface area contributed by atoms with Crippen LogP contribution in [0.1, 0.15) is 237 Å². The van der Waals surface area contributed by atoms with Crippen molar-refractivity contribution in [2.45, 2.75) is 237 Å². The first-order chi connectivity index (χ1) is 40.2. The van der Waals surface area contributed by atoms with Crippen LogP contribution in [0.5, 0.6) is 0 Å². The molecule has 0 aromatic heterocycles. The van der Waals surface area contributed by atoms with E-state index in [1.807, 2.05) is 0 Å². The van der Waals surface area contributed by atoms with E-state index in [0.717, 1.165) is 74.8 Å². The first kappa shape index (κ1) is 117. The summed E-state index contributed by atoms with van der Waals surface area (Å²) < 4.78 is 50.0. The van der Waals surface area contributed by atoms with Crippen molar-refractivity contribution in [2.75, 3.05) is 39.3 Å². The maximum absolute atomic E-state index is 7.83. The fourth-order valence-corrected chi connectivity index (χ4v) is 9.36. The smallest absolute Gasteiger partial charge is 0.412 e. The van der Waals surface area contributed by atoms with Crippen molar-refractivity contribution in [2.24, 2.45) is 35.5 Å². The fourth-order valence-electron chi connectivity index (χ4n) is 8.36. The molecule has 0 saturated heterocycles. The Morgan fingerprint density at radius 3 is 0.341 bits per heavy atom. The van der Waals surface area contributed by atoms with Crippen LogP contribution in [0.3, 0.4) is 0 Å². The molecule has 0 aromatic rings. The zero-order valence-corrected chi connectivity index (χ0v) is 69.6. The first-order valence-electron chi connectivity index (χ1n) is 28.9. The van der Waals surface area contributed by atoms with Gasteiger partial charge in [0.1, 0.15) is 0 Å². The van der Waals surface area contributed by atoms with Crippen LogP contribution < -0.4 is 31.9 Å². The summed E-state index contributed by atoms with van der Waals surface area (Å²) in [6, 6.07) is 0. The molecule has 0 aliphatic heterocycles. The van der Waals surface area contributed by atoms with Gasteiger partial charge in [0.15, 0.2) is 75.2 Å². The molecule has 6 N–H and O–H groups in total. The molecular weight excluding hydrogens is 1500 g/mol. The van der Waals surface area contributed by atoms with Crippen molar-refractivity contribution >= 4 is 250 Å². The van der Waals surface area contributed by atoms with Gasteiger partial charge in [-0.3, -0.25) is 0 Å². The van der Waals surface area contributed by atoms with Crippen LogP contribution in [-0.2, 0) is 172 Å². The van der Waals surface area contributed by atoms with E-state index in [4.69, 9.17) is 174 Å². The summed E-state index contributed by atoms with van der Waals surface area (Å²) in [6.07, 6.45) is 30.3. The molecule has 31 heteroatoms. The van der Waals surface area contributed by atoms with E-state index < -0.39 is 0 Å². The van der Waals surface area contributed by atoms with Gasteiger partial charge in [-0.05, 0) is 113 Å². The average molecular weight is 1610 g/mol.